The van der Waals surface area contributed by atoms with Gasteiger partial charge in [-0.25, -0.2) is 4.39 Å². The highest BCUT2D eigenvalue weighted by atomic mass is 19.1. The van der Waals surface area contributed by atoms with E-state index in [4.69, 9.17) is 10.3 Å². The van der Waals surface area contributed by atoms with Crippen LogP contribution in [0, 0.1) is 19.7 Å². The Kier molecular flexibility index (Phi) is 3.77. The summed E-state index contributed by atoms with van der Waals surface area (Å²) in [6, 6.07) is 6.76. The van der Waals surface area contributed by atoms with Crippen LogP contribution in [-0.2, 0) is 6.42 Å². The predicted molar refractivity (Wildman–Crippen MR) is 67.9 cm³/mol. The zero-order valence-electron chi connectivity index (χ0n) is 10.6. The molecule has 0 fully saturated rings. The van der Waals surface area contributed by atoms with Crippen LogP contribution in [0.5, 0.6) is 0 Å². The van der Waals surface area contributed by atoms with E-state index in [2.05, 4.69) is 5.16 Å². The predicted octanol–water partition coefficient (Wildman–Crippen LogP) is 2.72. The van der Waals surface area contributed by atoms with E-state index >= 15 is 0 Å². The average Bonchev–Trinajstić information content (AvgIpc) is 2.68. The van der Waals surface area contributed by atoms with Gasteiger partial charge in [0.25, 0.3) is 0 Å². The summed E-state index contributed by atoms with van der Waals surface area (Å²) in [6.45, 7) is 4.15. The molecule has 1 aromatic heterocycles. The lowest BCUT2D eigenvalue weighted by atomic mass is 9.91. The van der Waals surface area contributed by atoms with Gasteiger partial charge in [0.1, 0.15) is 11.6 Å². The van der Waals surface area contributed by atoms with E-state index in [-0.39, 0.29) is 11.7 Å². The molecule has 0 saturated heterocycles. The number of nitrogens with zero attached hydrogens (tertiary/aromatic N) is 1. The van der Waals surface area contributed by atoms with Gasteiger partial charge in [-0.15, -0.1) is 0 Å². The molecule has 3 nitrogen and oxygen atoms in total. The highest BCUT2D eigenvalue weighted by Gasteiger charge is 2.19. The first-order valence-electron chi connectivity index (χ1n) is 5.99. The molecule has 1 unspecified atom stereocenters. The standard InChI is InChI=1S/C14H17FN2O/c1-9-13(10(2)18-17-9)7-11(8-16)12-5-3-4-6-14(12)15/h3-6,11H,7-8,16H2,1-2H3. The van der Waals surface area contributed by atoms with Crippen LogP contribution in [0.2, 0.25) is 0 Å². The second-order valence-corrected chi connectivity index (χ2v) is 4.46. The Morgan fingerprint density at radius 1 is 1.33 bits per heavy atom. The SMILES string of the molecule is Cc1noc(C)c1CC(CN)c1ccccc1F. The van der Waals surface area contributed by atoms with E-state index < -0.39 is 0 Å². The van der Waals surface area contributed by atoms with Crippen molar-refractivity contribution in [2.45, 2.75) is 26.2 Å². The van der Waals surface area contributed by atoms with Crippen molar-refractivity contribution in [1.29, 1.82) is 0 Å². The third-order valence-corrected chi connectivity index (χ3v) is 3.26. The van der Waals surface area contributed by atoms with Crippen LogP contribution in [-0.4, -0.2) is 11.7 Å². The van der Waals surface area contributed by atoms with Crippen molar-refractivity contribution in [1.82, 2.24) is 5.16 Å². The topological polar surface area (TPSA) is 52.0 Å². The third-order valence-electron chi connectivity index (χ3n) is 3.26. The van der Waals surface area contributed by atoms with Gasteiger partial charge in [0, 0.05) is 11.5 Å². The molecule has 2 aromatic rings. The van der Waals surface area contributed by atoms with Gasteiger partial charge in [-0.1, -0.05) is 23.4 Å². The van der Waals surface area contributed by atoms with Crippen molar-refractivity contribution in [2.75, 3.05) is 6.54 Å². The molecular formula is C14H17FN2O. The first-order chi connectivity index (χ1) is 8.63. The number of aryl methyl sites for hydroxylation is 2. The van der Waals surface area contributed by atoms with Crippen molar-refractivity contribution in [2.24, 2.45) is 5.73 Å². The Labute approximate surface area is 106 Å². The number of benzene rings is 1. The number of nitrogens with two attached hydrogens (primary N) is 1. The highest BCUT2D eigenvalue weighted by Crippen LogP contribution is 2.25. The molecule has 1 aromatic carbocycles. The number of halogens is 1. The Morgan fingerprint density at radius 2 is 2.06 bits per heavy atom. The van der Waals surface area contributed by atoms with Crippen molar-refractivity contribution in [3.05, 3.63) is 52.7 Å². The summed E-state index contributed by atoms with van der Waals surface area (Å²) in [6.07, 6.45) is 0.651. The fourth-order valence-corrected chi connectivity index (χ4v) is 2.17. The zero-order valence-corrected chi connectivity index (χ0v) is 10.6. The van der Waals surface area contributed by atoms with Gasteiger partial charge in [0.15, 0.2) is 0 Å². The number of hydrogen-bond acceptors (Lipinski definition) is 3. The minimum atomic E-state index is -0.209. The molecule has 2 N–H and O–H groups in total. The smallest absolute Gasteiger partial charge is 0.137 e. The molecule has 0 aliphatic rings. The number of rotatable bonds is 4. The molecular weight excluding hydrogens is 231 g/mol. The molecule has 0 radical (unpaired) electrons. The summed E-state index contributed by atoms with van der Waals surface area (Å²) in [5.41, 5.74) is 8.30. The first-order valence-corrected chi connectivity index (χ1v) is 5.99. The van der Waals surface area contributed by atoms with E-state index in [0.29, 0.717) is 18.5 Å². The minimum Gasteiger partial charge on any atom is -0.361 e. The molecule has 0 bridgehead atoms. The second-order valence-electron chi connectivity index (χ2n) is 4.46. The van der Waals surface area contributed by atoms with Crippen LogP contribution in [0.4, 0.5) is 4.39 Å². The first kappa shape index (κ1) is 12.8. The Morgan fingerprint density at radius 3 is 2.61 bits per heavy atom. The summed E-state index contributed by atoms with van der Waals surface area (Å²) in [5.74, 6) is 0.519. The monoisotopic (exact) mass is 248 g/mol. The molecule has 0 spiro atoms. The molecule has 0 saturated carbocycles. The number of aromatic nitrogens is 1. The molecule has 0 aliphatic carbocycles. The van der Waals surface area contributed by atoms with E-state index in [1.807, 2.05) is 19.9 Å². The molecule has 96 valence electrons. The van der Waals surface area contributed by atoms with Crippen molar-refractivity contribution in [3.8, 4) is 0 Å². The lowest BCUT2D eigenvalue weighted by Gasteiger charge is -2.15. The lowest BCUT2D eigenvalue weighted by molar-refractivity contribution is 0.392. The second kappa shape index (κ2) is 5.31. The van der Waals surface area contributed by atoms with Gasteiger partial charge in [-0.2, -0.15) is 0 Å². The quantitative estimate of drug-likeness (QED) is 0.905. The van der Waals surface area contributed by atoms with Crippen LogP contribution in [0.1, 0.15) is 28.5 Å². The fourth-order valence-electron chi connectivity index (χ4n) is 2.17. The third kappa shape index (κ3) is 2.43. The molecule has 0 aliphatic heterocycles. The molecule has 18 heavy (non-hydrogen) atoms. The lowest BCUT2D eigenvalue weighted by Crippen LogP contribution is -2.17. The molecule has 0 amide bonds. The van der Waals surface area contributed by atoms with Crippen LogP contribution in [0.15, 0.2) is 28.8 Å². The summed E-state index contributed by atoms with van der Waals surface area (Å²) >= 11 is 0. The van der Waals surface area contributed by atoms with Crippen molar-refractivity contribution < 1.29 is 8.91 Å². The van der Waals surface area contributed by atoms with Gasteiger partial charge in [-0.05, 0) is 38.4 Å². The largest absolute Gasteiger partial charge is 0.361 e. The average molecular weight is 248 g/mol. The van der Waals surface area contributed by atoms with E-state index in [0.717, 1.165) is 17.0 Å². The Hall–Kier alpha value is -1.68. The van der Waals surface area contributed by atoms with E-state index in [1.54, 1.807) is 12.1 Å². The minimum absolute atomic E-state index is 0.0528. The van der Waals surface area contributed by atoms with Crippen LogP contribution < -0.4 is 5.73 Å². The molecule has 1 atom stereocenters. The maximum atomic E-state index is 13.8. The summed E-state index contributed by atoms with van der Waals surface area (Å²) in [5, 5.41) is 3.91. The Balaban J connectivity index is 2.28. The molecule has 1 heterocycles. The van der Waals surface area contributed by atoms with Crippen LogP contribution in [0.25, 0.3) is 0 Å². The fraction of sp³-hybridized carbons (Fsp3) is 0.357. The zero-order chi connectivity index (χ0) is 13.1. The highest BCUT2D eigenvalue weighted by molar-refractivity contribution is 5.28. The van der Waals surface area contributed by atoms with E-state index in [1.165, 1.54) is 6.07 Å². The summed E-state index contributed by atoms with van der Waals surface area (Å²) in [7, 11) is 0. The van der Waals surface area contributed by atoms with Crippen molar-refractivity contribution in [3.63, 3.8) is 0 Å². The van der Waals surface area contributed by atoms with Gasteiger partial charge in [0.05, 0.1) is 5.69 Å². The molecule has 4 heteroatoms. The van der Waals surface area contributed by atoms with E-state index in [9.17, 15) is 4.39 Å². The number of hydrogen-bond donors (Lipinski definition) is 1. The molecule has 2 rings (SSSR count). The Bertz CT molecular complexity index is 517. The van der Waals surface area contributed by atoms with Gasteiger partial charge < -0.3 is 10.3 Å². The maximum absolute atomic E-state index is 13.8. The summed E-state index contributed by atoms with van der Waals surface area (Å²) < 4.78 is 18.9. The van der Waals surface area contributed by atoms with Gasteiger partial charge >= 0.3 is 0 Å². The van der Waals surface area contributed by atoms with Gasteiger partial charge in [-0.3, -0.25) is 0 Å². The van der Waals surface area contributed by atoms with Crippen LogP contribution in [0.3, 0.4) is 0 Å². The summed E-state index contributed by atoms with van der Waals surface area (Å²) in [4.78, 5) is 0. The van der Waals surface area contributed by atoms with Crippen molar-refractivity contribution >= 4 is 0 Å². The van der Waals surface area contributed by atoms with Crippen LogP contribution >= 0.6 is 0 Å². The van der Waals surface area contributed by atoms with Gasteiger partial charge in [0.2, 0.25) is 0 Å². The normalized spacial score (nSPS) is 12.7. The maximum Gasteiger partial charge on any atom is 0.137 e.